The van der Waals surface area contributed by atoms with Crippen LogP contribution in [0.5, 0.6) is 0 Å². The zero-order valence-electron chi connectivity index (χ0n) is 14.6. The van der Waals surface area contributed by atoms with Gasteiger partial charge in [0.2, 0.25) is 10.0 Å². The summed E-state index contributed by atoms with van der Waals surface area (Å²) in [5, 5.41) is 7.69. The molecule has 7 nitrogen and oxygen atoms in total. The third-order valence-corrected chi connectivity index (χ3v) is 6.01. The molecule has 10 heteroatoms. The lowest BCUT2D eigenvalue weighted by Gasteiger charge is -2.12. The van der Waals surface area contributed by atoms with Gasteiger partial charge in [-0.25, -0.2) is 18.1 Å². The van der Waals surface area contributed by atoms with Crippen LogP contribution in [0.15, 0.2) is 40.4 Å². The van der Waals surface area contributed by atoms with E-state index in [2.05, 4.69) is 25.3 Å². The molecule has 0 unspecified atom stereocenters. The molecule has 0 bridgehead atoms. The first-order valence-electron chi connectivity index (χ1n) is 8.02. The molecule has 2 rings (SSSR count). The zero-order chi connectivity index (χ0) is 19.0. The van der Waals surface area contributed by atoms with Crippen molar-refractivity contribution in [2.75, 3.05) is 26.7 Å². The Morgan fingerprint density at radius 1 is 1.27 bits per heavy atom. The van der Waals surface area contributed by atoms with Gasteiger partial charge in [-0.05, 0) is 25.1 Å². The predicted octanol–water partition coefficient (Wildman–Crippen LogP) is 1.79. The monoisotopic (exact) mass is 415 g/mol. The largest absolute Gasteiger partial charge is 0.356 e. The Hall–Kier alpha value is -1.68. The molecule has 0 fully saturated rings. The van der Waals surface area contributed by atoms with Gasteiger partial charge in [-0.15, -0.1) is 11.3 Å². The first kappa shape index (κ1) is 20.6. The van der Waals surface area contributed by atoms with Crippen molar-refractivity contribution in [2.24, 2.45) is 4.99 Å². The number of aliphatic imine (C=N–C) groups is 1. The number of benzene rings is 1. The quantitative estimate of drug-likeness (QED) is 0.347. The minimum atomic E-state index is -3.58. The first-order chi connectivity index (χ1) is 12.4. The summed E-state index contributed by atoms with van der Waals surface area (Å²) in [5.74, 6) is 0.611. The van der Waals surface area contributed by atoms with Gasteiger partial charge in [-0.2, -0.15) is 0 Å². The average Bonchev–Trinajstić information content (AvgIpc) is 3.02. The fourth-order valence-electron chi connectivity index (χ4n) is 2.11. The predicted molar refractivity (Wildman–Crippen MR) is 107 cm³/mol. The number of aromatic nitrogens is 1. The Morgan fingerprint density at radius 2 is 2.04 bits per heavy atom. The third kappa shape index (κ3) is 6.56. The second kappa shape index (κ2) is 9.86. The highest BCUT2D eigenvalue weighted by Crippen LogP contribution is 2.14. The van der Waals surface area contributed by atoms with Crippen LogP contribution in [0.1, 0.15) is 9.88 Å². The summed E-state index contributed by atoms with van der Waals surface area (Å²) in [7, 11) is -1.91. The second-order valence-corrected chi connectivity index (χ2v) is 8.92. The van der Waals surface area contributed by atoms with Crippen molar-refractivity contribution in [1.82, 2.24) is 20.3 Å². The highest BCUT2D eigenvalue weighted by atomic mass is 35.5. The van der Waals surface area contributed by atoms with Crippen LogP contribution in [-0.2, 0) is 16.4 Å². The summed E-state index contributed by atoms with van der Waals surface area (Å²) in [6.07, 6.45) is 2.67. The summed E-state index contributed by atoms with van der Waals surface area (Å²) in [4.78, 5) is 9.75. The van der Waals surface area contributed by atoms with E-state index >= 15 is 0 Å². The van der Waals surface area contributed by atoms with Crippen molar-refractivity contribution in [3.05, 3.63) is 45.4 Å². The van der Waals surface area contributed by atoms with Gasteiger partial charge in [0.25, 0.3) is 0 Å². The third-order valence-electron chi connectivity index (χ3n) is 3.34. The van der Waals surface area contributed by atoms with Crippen LogP contribution in [0, 0.1) is 6.92 Å². The number of thiazole rings is 1. The van der Waals surface area contributed by atoms with Crippen LogP contribution in [0.3, 0.4) is 0 Å². The van der Waals surface area contributed by atoms with E-state index in [1.165, 1.54) is 17.0 Å². The number of hydrogen-bond donors (Lipinski definition) is 3. The number of hydrogen-bond acceptors (Lipinski definition) is 5. The van der Waals surface area contributed by atoms with Crippen LogP contribution in [0.2, 0.25) is 5.02 Å². The molecule has 0 radical (unpaired) electrons. The summed E-state index contributed by atoms with van der Waals surface area (Å²) in [6.45, 7) is 3.34. The van der Waals surface area contributed by atoms with Crippen molar-refractivity contribution in [3.63, 3.8) is 0 Å². The molecular formula is C16H22ClN5O2S2. The van der Waals surface area contributed by atoms with Crippen molar-refractivity contribution >= 4 is 38.9 Å². The van der Waals surface area contributed by atoms with Gasteiger partial charge < -0.3 is 10.6 Å². The van der Waals surface area contributed by atoms with E-state index < -0.39 is 10.0 Å². The topological polar surface area (TPSA) is 95.5 Å². The van der Waals surface area contributed by atoms with Crippen LogP contribution in [0.25, 0.3) is 0 Å². The molecule has 0 amide bonds. The molecule has 0 saturated heterocycles. The molecule has 0 aliphatic carbocycles. The molecule has 1 aromatic heterocycles. The number of guanidine groups is 1. The Bertz CT molecular complexity index is 852. The van der Waals surface area contributed by atoms with Gasteiger partial charge in [-0.1, -0.05) is 17.7 Å². The average molecular weight is 416 g/mol. The maximum absolute atomic E-state index is 12.2. The Kier molecular flexibility index (Phi) is 7.83. The minimum Gasteiger partial charge on any atom is -0.356 e. The van der Waals surface area contributed by atoms with E-state index in [1.807, 2.05) is 13.1 Å². The van der Waals surface area contributed by atoms with E-state index in [0.29, 0.717) is 24.1 Å². The number of halogens is 1. The summed E-state index contributed by atoms with van der Waals surface area (Å²) in [5.41, 5.74) is 0. The first-order valence-corrected chi connectivity index (χ1v) is 10.7. The second-order valence-electron chi connectivity index (χ2n) is 5.40. The summed E-state index contributed by atoms with van der Waals surface area (Å²) >= 11 is 7.51. The van der Waals surface area contributed by atoms with E-state index in [0.717, 1.165) is 11.4 Å². The Balaban J connectivity index is 1.71. The molecule has 2 aromatic rings. The standard InChI is InChI=1S/C16H22ClN5O2S2/c1-12-11-21-15(25-12)6-7-19-16(18-2)20-8-9-22-26(23,24)14-5-3-4-13(17)10-14/h3-5,10-11,22H,6-9H2,1-2H3,(H2,18,19,20). The fraction of sp³-hybridized carbons (Fsp3) is 0.375. The highest BCUT2D eigenvalue weighted by Gasteiger charge is 2.13. The minimum absolute atomic E-state index is 0.145. The zero-order valence-corrected chi connectivity index (χ0v) is 17.0. The van der Waals surface area contributed by atoms with E-state index in [-0.39, 0.29) is 11.4 Å². The Morgan fingerprint density at radius 3 is 2.69 bits per heavy atom. The van der Waals surface area contributed by atoms with Crippen molar-refractivity contribution in [1.29, 1.82) is 0 Å². The van der Waals surface area contributed by atoms with Gasteiger partial charge >= 0.3 is 0 Å². The van der Waals surface area contributed by atoms with E-state index in [1.54, 1.807) is 30.5 Å². The maximum Gasteiger partial charge on any atom is 0.240 e. The molecule has 1 aromatic carbocycles. The molecule has 0 aliphatic rings. The van der Waals surface area contributed by atoms with Crippen LogP contribution >= 0.6 is 22.9 Å². The number of aryl methyl sites for hydroxylation is 1. The number of sulfonamides is 1. The van der Waals surface area contributed by atoms with Gasteiger partial charge in [0, 0.05) is 49.2 Å². The molecule has 26 heavy (non-hydrogen) atoms. The summed E-state index contributed by atoms with van der Waals surface area (Å²) in [6, 6.07) is 6.15. The van der Waals surface area contributed by atoms with Crippen molar-refractivity contribution in [2.45, 2.75) is 18.2 Å². The molecule has 0 atom stereocenters. The lowest BCUT2D eigenvalue weighted by atomic mass is 10.4. The molecule has 0 saturated carbocycles. The van der Waals surface area contributed by atoms with Crippen LogP contribution in [-0.4, -0.2) is 46.0 Å². The smallest absolute Gasteiger partial charge is 0.240 e. The SMILES string of the molecule is CN=C(NCCNS(=O)(=O)c1cccc(Cl)c1)NCCc1ncc(C)s1. The van der Waals surface area contributed by atoms with E-state index in [9.17, 15) is 8.42 Å². The molecule has 0 aliphatic heterocycles. The molecule has 0 spiro atoms. The number of rotatable bonds is 8. The molecule has 1 heterocycles. The van der Waals surface area contributed by atoms with Gasteiger partial charge in [0.15, 0.2) is 5.96 Å². The van der Waals surface area contributed by atoms with Gasteiger partial charge in [0.05, 0.1) is 9.90 Å². The van der Waals surface area contributed by atoms with E-state index in [4.69, 9.17) is 11.6 Å². The van der Waals surface area contributed by atoms with Crippen LogP contribution < -0.4 is 15.4 Å². The van der Waals surface area contributed by atoms with Gasteiger partial charge in [0.1, 0.15) is 0 Å². The molecular weight excluding hydrogens is 394 g/mol. The summed E-state index contributed by atoms with van der Waals surface area (Å²) < 4.78 is 26.9. The fourth-order valence-corrected chi connectivity index (χ4v) is 4.23. The lowest BCUT2D eigenvalue weighted by molar-refractivity contribution is 0.580. The normalized spacial score (nSPS) is 12.2. The number of nitrogens with zero attached hydrogens (tertiary/aromatic N) is 2. The maximum atomic E-state index is 12.2. The van der Waals surface area contributed by atoms with Gasteiger partial charge in [-0.3, -0.25) is 4.99 Å². The highest BCUT2D eigenvalue weighted by molar-refractivity contribution is 7.89. The van der Waals surface area contributed by atoms with Crippen molar-refractivity contribution < 1.29 is 8.42 Å². The molecule has 142 valence electrons. The molecule has 3 N–H and O–H groups in total. The number of nitrogens with one attached hydrogen (secondary N) is 3. The van der Waals surface area contributed by atoms with Crippen LogP contribution in [0.4, 0.5) is 0 Å². The Labute approximate surface area is 163 Å². The lowest BCUT2D eigenvalue weighted by Crippen LogP contribution is -2.42. The van der Waals surface area contributed by atoms with Crippen molar-refractivity contribution in [3.8, 4) is 0 Å².